The normalized spacial score (nSPS) is 12.2. The number of benzene rings is 1. The zero-order valence-corrected chi connectivity index (χ0v) is 12.3. The largest absolute Gasteiger partial charge is 0.434 e. The van der Waals surface area contributed by atoms with E-state index in [0.717, 1.165) is 0 Å². The van der Waals surface area contributed by atoms with Crippen molar-refractivity contribution in [2.45, 2.75) is 32.9 Å². The Balaban J connectivity index is 2.22. The smallest absolute Gasteiger partial charge is 0.387 e. The van der Waals surface area contributed by atoms with E-state index in [0.29, 0.717) is 23.2 Å². The first-order valence-electron chi connectivity index (χ1n) is 6.87. The molecule has 0 bridgehead atoms. The molecule has 7 heteroatoms. The van der Waals surface area contributed by atoms with Crippen LogP contribution in [0.1, 0.15) is 41.0 Å². The van der Waals surface area contributed by atoms with Crippen molar-refractivity contribution in [3.8, 4) is 5.75 Å². The van der Waals surface area contributed by atoms with Crippen molar-refractivity contribution < 1.29 is 18.3 Å². The Hall–Kier alpha value is -2.44. The molecular formula is C15H17F2N3O2. The number of carbonyl (C=O) groups is 1. The number of amides is 1. The van der Waals surface area contributed by atoms with E-state index < -0.39 is 12.7 Å². The number of aromatic nitrogens is 2. The van der Waals surface area contributed by atoms with E-state index in [4.69, 9.17) is 0 Å². The summed E-state index contributed by atoms with van der Waals surface area (Å²) in [5, 5.41) is 9.30. The molecule has 0 saturated heterocycles. The van der Waals surface area contributed by atoms with Crippen molar-refractivity contribution in [3.05, 3.63) is 47.3 Å². The summed E-state index contributed by atoms with van der Waals surface area (Å²) in [6, 6.07) is 6.01. The number of aryl methyl sites for hydroxylation is 1. The molecular weight excluding hydrogens is 292 g/mol. The maximum absolute atomic E-state index is 12.5. The average molecular weight is 309 g/mol. The van der Waals surface area contributed by atoms with E-state index in [9.17, 15) is 13.6 Å². The quantitative estimate of drug-likeness (QED) is 0.861. The summed E-state index contributed by atoms with van der Waals surface area (Å²) in [4.78, 5) is 12.2. The van der Waals surface area contributed by atoms with Gasteiger partial charge in [-0.25, -0.2) is 0 Å². The molecule has 0 fully saturated rings. The molecule has 0 spiro atoms. The molecule has 1 heterocycles. The summed E-state index contributed by atoms with van der Waals surface area (Å²) in [7, 11) is 0. The number of hydrogen-bond acceptors (Lipinski definition) is 3. The number of halogens is 2. The minimum absolute atomic E-state index is 0.0635. The minimum Gasteiger partial charge on any atom is -0.434 e. The molecule has 0 aliphatic rings. The van der Waals surface area contributed by atoms with Crippen molar-refractivity contribution >= 4 is 5.91 Å². The van der Waals surface area contributed by atoms with Crippen LogP contribution < -0.4 is 10.1 Å². The number of para-hydroxylation sites is 1. The van der Waals surface area contributed by atoms with Crippen LogP contribution in [-0.4, -0.2) is 22.7 Å². The number of ether oxygens (including phenoxy) is 1. The third-order valence-electron chi connectivity index (χ3n) is 3.30. The van der Waals surface area contributed by atoms with E-state index in [1.165, 1.54) is 12.3 Å². The molecule has 1 atom stereocenters. The van der Waals surface area contributed by atoms with Crippen LogP contribution >= 0.6 is 0 Å². The molecule has 1 aromatic heterocycles. The number of alkyl halides is 2. The lowest BCUT2D eigenvalue weighted by molar-refractivity contribution is -0.0506. The van der Waals surface area contributed by atoms with Crippen molar-refractivity contribution in [2.75, 3.05) is 0 Å². The highest BCUT2D eigenvalue weighted by Gasteiger charge is 2.20. The van der Waals surface area contributed by atoms with Crippen molar-refractivity contribution in [1.82, 2.24) is 15.5 Å². The first-order chi connectivity index (χ1) is 10.5. The molecule has 0 unspecified atom stereocenters. The van der Waals surface area contributed by atoms with Crippen molar-refractivity contribution in [2.24, 2.45) is 0 Å². The third-order valence-corrected chi connectivity index (χ3v) is 3.30. The van der Waals surface area contributed by atoms with E-state index >= 15 is 0 Å². The number of H-pyrrole nitrogens is 1. The maximum atomic E-state index is 12.5. The predicted molar refractivity (Wildman–Crippen MR) is 76.9 cm³/mol. The van der Waals surface area contributed by atoms with Gasteiger partial charge >= 0.3 is 6.61 Å². The number of carbonyl (C=O) groups excluding carboxylic acids is 1. The fourth-order valence-corrected chi connectivity index (χ4v) is 2.19. The highest BCUT2D eigenvalue weighted by molar-refractivity contribution is 5.95. The monoisotopic (exact) mass is 309 g/mol. The van der Waals surface area contributed by atoms with Gasteiger partial charge in [0.1, 0.15) is 5.75 Å². The first-order valence-corrected chi connectivity index (χ1v) is 6.87. The lowest BCUT2D eigenvalue weighted by Crippen LogP contribution is -2.28. The van der Waals surface area contributed by atoms with Crippen LogP contribution in [0.3, 0.4) is 0 Å². The number of rotatable bonds is 6. The van der Waals surface area contributed by atoms with Gasteiger partial charge in [0.05, 0.1) is 17.8 Å². The molecule has 2 aromatic rings. The molecule has 5 nitrogen and oxygen atoms in total. The molecule has 1 aromatic carbocycles. The molecule has 0 aliphatic carbocycles. The number of hydrogen-bond donors (Lipinski definition) is 2. The molecule has 1 amide bonds. The predicted octanol–water partition coefficient (Wildman–Crippen LogP) is 3.20. The molecule has 0 aliphatic heterocycles. The highest BCUT2D eigenvalue weighted by Crippen LogP contribution is 2.28. The molecule has 0 saturated carbocycles. The molecule has 22 heavy (non-hydrogen) atoms. The molecule has 0 radical (unpaired) electrons. The molecule has 2 N–H and O–H groups in total. The summed E-state index contributed by atoms with van der Waals surface area (Å²) >= 11 is 0. The number of nitrogens with zero attached hydrogens (tertiary/aromatic N) is 1. The maximum Gasteiger partial charge on any atom is 0.387 e. The minimum atomic E-state index is -2.91. The summed E-state index contributed by atoms with van der Waals surface area (Å²) < 4.78 is 29.5. The Morgan fingerprint density at radius 3 is 2.73 bits per heavy atom. The fraction of sp³-hybridized carbons (Fsp3) is 0.333. The topological polar surface area (TPSA) is 67.0 Å². The molecule has 118 valence electrons. The Kier molecular flexibility index (Phi) is 5.08. The van der Waals surface area contributed by atoms with Crippen LogP contribution in [0.25, 0.3) is 0 Å². The lowest BCUT2D eigenvalue weighted by atomic mass is 10.0. The van der Waals surface area contributed by atoms with Gasteiger partial charge in [-0.05, 0) is 19.4 Å². The second kappa shape index (κ2) is 7.02. The standard InChI is InChI=1S/C15H17F2N3O2/c1-3-12(19-14(21)11-8-18-20-9(11)2)10-6-4-5-7-13(10)22-15(16)17/h4-8,12,15H,3H2,1-2H3,(H,18,20)(H,19,21)/t12-/m1/s1. The van der Waals surface area contributed by atoms with Gasteiger partial charge in [0.15, 0.2) is 0 Å². The second-order valence-electron chi connectivity index (χ2n) is 4.76. The summed E-state index contributed by atoms with van der Waals surface area (Å²) in [5.74, 6) is -0.251. The van der Waals surface area contributed by atoms with Gasteiger partial charge < -0.3 is 10.1 Å². The van der Waals surface area contributed by atoms with Gasteiger partial charge in [0, 0.05) is 11.3 Å². The van der Waals surface area contributed by atoms with Crippen LogP contribution in [0.15, 0.2) is 30.5 Å². The van der Waals surface area contributed by atoms with Crippen LogP contribution in [0, 0.1) is 6.92 Å². The Bertz CT molecular complexity index is 643. The van der Waals surface area contributed by atoms with Crippen molar-refractivity contribution in [1.29, 1.82) is 0 Å². The Labute approximate surface area is 126 Å². The second-order valence-corrected chi connectivity index (χ2v) is 4.76. The first kappa shape index (κ1) is 15.9. The van der Waals surface area contributed by atoms with E-state index in [1.807, 2.05) is 6.92 Å². The van der Waals surface area contributed by atoms with Crippen LogP contribution in [0.4, 0.5) is 8.78 Å². The van der Waals surface area contributed by atoms with Gasteiger partial charge in [-0.3, -0.25) is 9.89 Å². The van der Waals surface area contributed by atoms with E-state index in [2.05, 4.69) is 20.3 Å². The lowest BCUT2D eigenvalue weighted by Gasteiger charge is -2.20. The van der Waals surface area contributed by atoms with Gasteiger partial charge in [-0.1, -0.05) is 25.1 Å². The summed E-state index contributed by atoms with van der Waals surface area (Å²) in [6.07, 6.45) is 1.96. The fourth-order valence-electron chi connectivity index (χ4n) is 2.19. The Morgan fingerprint density at radius 1 is 1.41 bits per heavy atom. The number of aromatic amines is 1. The van der Waals surface area contributed by atoms with E-state index in [1.54, 1.807) is 25.1 Å². The highest BCUT2D eigenvalue weighted by atomic mass is 19.3. The zero-order valence-electron chi connectivity index (χ0n) is 12.3. The SMILES string of the molecule is CC[C@@H](NC(=O)c1cn[nH]c1C)c1ccccc1OC(F)F. The van der Waals surface area contributed by atoms with Gasteiger partial charge in [-0.2, -0.15) is 13.9 Å². The van der Waals surface area contributed by atoms with E-state index in [-0.39, 0.29) is 11.7 Å². The van der Waals surface area contributed by atoms with Crippen LogP contribution in [0.2, 0.25) is 0 Å². The van der Waals surface area contributed by atoms with Gasteiger partial charge in [0.2, 0.25) is 0 Å². The number of nitrogens with one attached hydrogen (secondary N) is 2. The van der Waals surface area contributed by atoms with Crippen LogP contribution in [-0.2, 0) is 0 Å². The van der Waals surface area contributed by atoms with Crippen LogP contribution in [0.5, 0.6) is 5.75 Å². The summed E-state index contributed by atoms with van der Waals surface area (Å²) in [5.41, 5.74) is 1.58. The van der Waals surface area contributed by atoms with Gasteiger partial charge in [-0.15, -0.1) is 0 Å². The zero-order chi connectivity index (χ0) is 16.1. The molecule has 2 rings (SSSR count). The third kappa shape index (κ3) is 3.60. The summed E-state index contributed by atoms with van der Waals surface area (Å²) in [6.45, 7) is 0.675. The average Bonchev–Trinajstić information content (AvgIpc) is 2.91. The van der Waals surface area contributed by atoms with Crippen molar-refractivity contribution in [3.63, 3.8) is 0 Å². The Morgan fingerprint density at radius 2 is 2.14 bits per heavy atom. The van der Waals surface area contributed by atoms with Gasteiger partial charge in [0.25, 0.3) is 5.91 Å².